The molecule has 0 aliphatic heterocycles. The van der Waals surface area contributed by atoms with Gasteiger partial charge in [-0.3, -0.25) is 4.98 Å². The number of fused-ring (bicyclic) bond motifs is 2. The van der Waals surface area contributed by atoms with Crippen molar-refractivity contribution in [2.24, 2.45) is 5.73 Å². The van der Waals surface area contributed by atoms with Gasteiger partial charge in [0.05, 0.1) is 11.6 Å². The van der Waals surface area contributed by atoms with Crippen LogP contribution < -0.4 is 5.73 Å². The van der Waals surface area contributed by atoms with Crippen LogP contribution in [0.1, 0.15) is 17.2 Å². The summed E-state index contributed by atoms with van der Waals surface area (Å²) in [5.74, 6) is 0. The lowest BCUT2D eigenvalue weighted by Gasteiger charge is -2.15. The number of rotatable bonds is 2. The molecule has 3 heteroatoms. The Morgan fingerprint density at radius 1 is 0.905 bits per heavy atom. The van der Waals surface area contributed by atoms with Crippen molar-refractivity contribution in [3.63, 3.8) is 0 Å². The summed E-state index contributed by atoms with van der Waals surface area (Å²) in [7, 11) is 0. The summed E-state index contributed by atoms with van der Waals surface area (Å²) in [5.41, 5.74) is 9.88. The molecule has 4 aromatic rings. The van der Waals surface area contributed by atoms with Crippen LogP contribution in [0, 0.1) is 0 Å². The van der Waals surface area contributed by atoms with E-state index in [9.17, 15) is 0 Å². The van der Waals surface area contributed by atoms with E-state index in [1.165, 1.54) is 15.6 Å². The summed E-state index contributed by atoms with van der Waals surface area (Å²) in [6, 6.07) is 18.5. The normalized spacial score (nSPS) is 12.8. The van der Waals surface area contributed by atoms with E-state index in [1.54, 1.807) is 11.3 Å². The number of hydrogen-bond acceptors (Lipinski definition) is 3. The van der Waals surface area contributed by atoms with Gasteiger partial charge < -0.3 is 5.73 Å². The van der Waals surface area contributed by atoms with Crippen LogP contribution in [-0.4, -0.2) is 4.98 Å². The summed E-state index contributed by atoms with van der Waals surface area (Å²) in [4.78, 5) is 4.42. The SMILES string of the molecule is NC(c1cccc2ncccc12)c1cccc2ccsc12. The molecule has 2 heterocycles. The van der Waals surface area contributed by atoms with Crippen LogP contribution in [0.25, 0.3) is 21.0 Å². The van der Waals surface area contributed by atoms with E-state index in [1.807, 2.05) is 24.4 Å². The fourth-order valence-electron chi connectivity index (χ4n) is 2.83. The predicted molar refractivity (Wildman–Crippen MR) is 89.6 cm³/mol. The van der Waals surface area contributed by atoms with Crippen molar-refractivity contribution >= 4 is 32.3 Å². The average Bonchev–Trinajstić information content (AvgIpc) is 3.02. The van der Waals surface area contributed by atoms with Gasteiger partial charge in [-0.2, -0.15) is 0 Å². The van der Waals surface area contributed by atoms with Crippen molar-refractivity contribution in [3.05, 3.63) is 77.3 Å². The highest BCUT2D eigenvalue weighted by Gasteiger charge is 2.15. The molecule has 0 fully saturated rings. The zero-order valence-electron chi connectivity index (χ0n) is 11.4. The first-order chi connectivity index (χ1) is 10.3. The van der Waals surface area contributed by atoms with Gasteiger partial charge in [0.15, 0.2) is 0 Å². The maximum atomic E-state index is 6.59. The third kappa shape index (κ3) is 2.02. The molecule has 2 aromatic carbocycles. The number of aromatic nitrogens is 1. The first kappa shape index (κ1) is 12.5. The fourth-order valence-corrected chi connectivity index (χ4v) is 3.78. The van der Waals surface area contributed by atoms with E-state index in [0.717, 1.165) is 16.5 Å². The molecule has 21 heavy (non-hydrogen) atoms. The van der Waals surface area contributed by atoms with Gasteiger partial charge in [-0.15, -0.1) is 11.3 Å². The Hall–Kier alpha value is -2.23. The molecule has 2 aromatic heterocycles. The molecule has 102 valence electrons. The van der Waals surface area contributed by atoms with E-state index in [4.69, 9.17) is 5.73 Å². The molecule has 4 rings (SSSR count). The van der Waals surface area contributed by atoms with E-state index < -0.39 is 0 Å². The van der Waals surface area contributed by atoms with Crippen LogP contribution in [0.4, 0.5) is 0 Å². The van der Waals surface area contributed by atoms with Crippen molar-refractivity contribution < 1.29 is 0 Å². The molecule has 0 saturated heterocycles. The third-order valence-electron chi connectivity index (χ3n) is 3.86. The molecular weight excluding hydrogens is 276 g/mol. The van der Waals surface area contributed by atoms with Crippen molar-refractivity contribution in [1.29, 1.82) is 0 Å². The van der Waals surface area contributed by atoms with Gasteiger partial charge in [-0.25, -0.2) is 0 Å². The minimum Gasteiger partial charge on any atom is -0.320 e. The molecule has 0 spiro atoms. The Labute approximate surface area is 126 Å². The van der Waals surface area contributed by atoms with Crippen LogP contribution in [0.3, 0.4) is 0 Å². The highest BCUT2D eigenvalue weighted by Crippen LogP contribution is 2.33. The maximum Gasteiger partial charge on any atom is 0.0705 e. The minimum atomic E-state index is -0.139. The largest absolute Gasteiger partial charge is 0.320 e. The molecule has 2 nitrogen and oxygen atoms in total. The Bertz CT molecular complexity index is 921. The van der Waals surface area contributed by atoms with Crippen LogP contribution in [-0.2, 0) is 0 Å². The third-order valence-corrected chi connectivity index (χ3v) is 4.84. The lowest BCUT2D eigenvalue weighted by molar-refractivity contribution is 0.891. The molecule has 1 unspecified atom stereocenters. The Balaban J connectivity index is 1.94. The van der Waals surface area contributed by atoms with Gasteiger partial charge in [0, 0.05) is 16.3 Å². The van der Waals surface area contributed by atoms with Crippen LogP contribution >= 0.6 is 11.3 Å². The molecule has 0 aliphatic rings. The summed E-state index contributed by atoms with van der Waals surface area (Å²) in [6.45, 7) is 0. The summed E-state index contributed by atoms with van der Waals surface area (Å²) in [5, 5.41) is 4.50. The minimum absolute atomic E-state index is 0.139. The number of nitrogens with zero attached hydrogens (tertiary/aromatic N) is 1. The van der Waals surface area contributed by atoms with Crippen molar-refractivity contribution in [2.75, 3.05) is 0 Å². The van der Waals surface area contributed by atoms with Crippen molar-refractivity contribution in [2.45, 2.75) is 6.04 Å². The number of thiophene rings is 1. The molecule has 0 amide bonds. The maximum absolute atomic E-state index is 6.59. The Morgan fingerprint density at radius 3 is 2.71 bits per heavy atom. The van der Waals surface area contributed by atoms with E-state index in [-0.39, 0.29) is 6.04 Å². The van der Waals surface area contributed by atoms with Gasteiger partial charge in [-0.05, 0) is 40.1 Å². The summed E-state index contributed by atoms with van der Waals surface area (Å²) in [6.07, 6.45) is 1.82. The van der Waals surface area contributed by atoms with Gasteiger partial charge >= 0.3 is 0 Å². The van der Waals surface area contributed by atoms with Crippen molar-refractivity contribution in [3.8, 4) is 0 Å². The number of benzene rings is 2. The number of nitrogens with two attached hydrogens (primary N) is 1. The van der Waals surface area contributed by atoms with Crippen molar-refractivity contribution in [1.82, 2.24) is 4.98 Å². The van der Waals surface area contributed by atoms with E-state index in [2.05, 4.69) is 46.8 Å². The van der Waals surface area contributed by atoms with Gasteiger partial charge in [0.2, 0.25) is 0 Å². The zero-order chi connectivity index (χ0) is 14.2. The smallest absolute Gasteiger partial charge is 0.0705 e. The molecule has 0 bridgehead atoms. The van der Waals surface area contributed by atoms with Gasteiger partial charge in [0.25, 0.3) is 0 Å². The molecule has 0 saturated carbocycles. The van der Waals surface area contributed by atoms with Crippen LogP contribution in [0.5, 0.6) is 0 Å². The van der Waals surface area contributed by atoms with E-state index in [0.29, 0.717) is 0 Å². The molecule has 0 aliphatic carbocycles. The van der Waals surface area contributed by atoms with Crippen LogP contribution in [0.2, 0.25) is 0 Å². The molecule has 0 radical (unpaired) electrons. The number of hydrogen-bond donors (Lipinski definition) is 1. The standard InChI is InChI=1S/C18H14N2S/c19-17(15-6-1-4-12-9-11-21-18(12)15)14-5-2-8-16-13(14)7-3-10-20-16/h1-11,17H,19H2. The number of pyridine rings is 1. The molecular formula is C18H14N2S. The first-order valence-electron chi connectivity index (χ1n) is 6.90. The summed E-state index contributed by atoms with van der Waals surface area (Å²) >= 11 is 1.75. The van der Waals surface area contributed by atoms with Crippen LogP contribution in [0.15, 0.2) is 66.2 Å². The highest BCUT2D eigenvalue weighted by molar-refractivity contribution is 7.17. The van der Waals surface area contributed by atoms with Gasteiger partial charge in [0.1, 0.15) is 0 Å². The monoisotopic (exact) mass is 290 g/mol. The highest BCUT2D eigenvalue weighted by atomic mass is 32.1. The molecule has 2 N–H and O–H groups in total. The first-order valence-corrected chi connectivity index (χ1v) is 7.78. The lowest BCUT2D eigenvalue weighted by atomic mass is 9.95. The second-order valence-electron chi connectivity index (χ2n) is 5.08. The zero-order valence-corrected chi connectivity index (χ0v) is 12.2. The lowest BCUT2D eigenvalue weighted by Crippen LogP contribution is -2.12. The fraction of sp³-hybridized carbons (Fsp3) is 0.0556. The quantitative estimate of drug-likeness (QED) is 0.590. The molecule has 1 atom stereocenters. The topological polar surface area (TPSA) is 38.9 Å². The predicted octanol–water partition coefficient (Wildman–Crippen LogP) is 4.50. The Kier molecular flexibility index (Phi) is 2.95. The second-order valence-corrected chi connectivity index (χ2v) is 6.00. The van der Waals surface area contributed by atoms with Gasteiger partial charge in [-0.1, -0.05) is 36.4 Å². The average molecular weight is 290 g/mol. The Morgan fingerprint density at radius 2 is 1.76 bits per heavy atom. The second kappa shape index (κ2) is 4.95. The van der Waals surface area contributed by atoms with E-state index >= 15 is 0 Å². The summed E-state index contributed by atoms with van der Waals surface area (Å²) < 4.78 is 1.27.